The maximum absolute atomic E-state index is 12.8. The van der Waals surface area contributed by atoms with Crippen molar-refractivity contribution in [3.63, 3.8) is 0 Å². The standard InChI is InChI=1S/C27H23ClN4O4S2/c1-17-3-7-22(8-4-17)38(34,35)31-27(33)25-10-9-24-26(30-25)32(18(2)29-24)14-20-5-6-21(13-23(20)28)36-15-19-11-12-37-16-19/h3-13,16H,14-15H2,1-2H3,(H,31,33). The van der Waals surface area contributed by atoms with Crippen molar-refractivity contribution in [1.82, 2.24) is 19.3 Å². The number of aromatic nitrogens is 3. The minimum Gasteiger partial charge on any atom is -0.489 e. The number of imidazole rings is 1. The molecule has 3 aromatic heterocycles. The average molecular weight is 567 g/mol. The molecule has 5 rings (SSSR count). The van der Waals surface area contributed by atoms with Crippen LogP contribution in [0.2, 0.25) is 5.02 Å². The Hall–Kier alpha value is -3.73. The number of halogens is 1. The quantitative estimate of drug-likeness (QED) is 0.266. The molecule has 0 spiro atoms. The summed E-state index contributed by atoms with van der Waals surface area (Å²) in [6.45, 7) is 4.49. The Kier molecular flexibility index (Phi) is 7.20. The van der Waals surface area contributed by atoms with Gasteiger partial charge in [0.05, 0.1) is 11.4 Å². The number of nitrogens with zero attached hydrogens (tertiary/aromatic N) is 3. The SMILES string of the molecule is Cc1ccc(S(=O)(=O)NC(=O)c2ccc3nc(C)n(Cc4ccc(OCc5ccsc5)cc4Cl)c3n2)cc1. The second-order valence-corrected chi connectivity index (χ2v) is 11.6. The molecule has 3 heterocycles. The summed E-state index contributed by atoms with van der Waals surface area (Å²) in [6, 6.07) is 16.8. The Morgan fingerprint density at radius 1 is 1.05 bits per heavy atom. The number of pyridine rings is 1. The number of amides is 1. The third kappa shape index (κ3) is 5.57. The molecule has 0 fully saturated rings. The number of nitrogens with one attached hydrogen (secondary N) is 1. The van der Waals surface area contributed by atoms with Gasteiger partial charge in [0.25, 0.3) is 15.9 Å². The Labute approximate surface area is 228 Å². The van der Waals surface area contributed by atoms with Crippen LogP contribution in [0.1, 0.15) is 33.0 Å². The number of benzene rings is 2. The molecule has 1 N–H and O–H groups in total. The summed E-state index contributed by atoms with van der Waals surface area (Å²) >= 11 is 8.18. The monoisotopic (exact) mass is 566 g/mol. The van der Waals surface area contributed by atoms with Crippen molar-refractivity contribution in [3.8, 4) is 5.75 Å². The van der Waals surface area contributed by atoms with Crippen LogP contribution in [-0.2, 0) is 23.2 Å². The molecule has 1 amide bonds. The van der Waals surface area contributed by atoms with Gasteiger partial charge in [-0.05, 0) is 78.2 Å². The highest BCUT2D eigenvalue weighted by molar-refractivity contribution is 7.90. The largest absolute Gasteiger partial charge is 0.489 e. The molecule has 0 saturated heterocycles. The Morgan fingerprint density at radius 3 is 2.55 bits per heavy atom. The van der Waals surface area contributed by atoms with Crippen molar-refractivity contribution in [3.05, 3.63) is 105 Å². The van der Waals surface area contributed by atoms with E-state index in [1.807, 2.05) is 47.4 Å². The van der Waals surface area contributed by atoms with Gasteiger partial charge in [-0.3, -0.25) is 4.79 Å². The fraction of sp³-hybridized carbons (Fsp3) is 0.148. The molecular weight excluding hydrogens is 544 g/mol. The zero-order chi connectivity index (χ0) is 26.9. The van der Waals surface area contributed by atoms with Crippen LogP contribution in [-0.4, -0.2) is 28.9 Å². The fourth-order valence-corrected chi connectivity index (χ4v) is 5.68. The van der Waals surface area contributed by atoms with E-state index in [0.717, 1.165) is 16.7 Å². The van der Waals surface area contributed by atoms with Crippen LogP contribution < -0.4 is 9.46 Å². The van der Waals surface area contributed by atoms with Crippen molar-refractivity contribution < 1.29 is 17.9 Å². The molecule has 0 aliphatic heterocycles. The van der Waals surface area contributed by atoms with E-state index in [1.165, 1.54) is 18.2 Å². The molecule has 0 unspecified atom stereocenters. The molecular formula is C27H23ClN4O4S2. The molecule has 0 radical (unpaired) electrons. The zero-order valence-corrected chi connectivity index (χ0v) is 22.9. The third-order valence-corrected chi connectivity index (χ3v) is 8.34. The molecule has 0 saturated carbocycles. The first-order valence-electron chi connectivity index (χ1n) is 11.6. The van der Waals surface area contributed by atoms with E-state index < -0.39 is 15.9 Å². The van der Waals surface area contributed by atoms with Gasteiger partial charge >= 0.3 is 0 Å². The smallest absolute Gasteiger partial charge is 0.283 e. The van der Waals surface area contributed by atoms with E-state index in [4.69, 9.17) is 16.3 Å². The number of sulfonamides is 1. The van der Waals surface area contributed by atoms with E-state index in [1.54, 1.807) is 35.6 Å². The second-order valence-electron chi connectivity index (χ2n) is 8.71. The first-order chi connectivity index (χ1) is 18.2. The summed E-state index contributed by atoms with van der Waals surface area (Å²) in [6.07, 6.45) is 0. The summed E-state index contributed by atoms with van der Waals surface area (Å²) in [5.74, 6) is 0.498. The van der Waals surface area contributed by atoms with E-state index in [9.17, 15) is 13.2 Å². The van der Waals surface area contributed by atoms with Gasteiger partial charge in [0.15, 0.2) is 5.65 Å². The second kappa shape index (κ2) is 10.6. The number of hydrogen-bond donors (Lipinski definition) is 1. The number of thiophene rings is 1. The summed E-state index contributed by atoms with van der Waals surface area (Å²) in [7, 11) is -4.05. The highest BCUT2D eigenvalue weighted by atomic mass is 35.5. The summed E-state index contributed by atoms with van der Waals surface area (Å²) in [5.41, 5.74) is 3.79. The maximum Gasteiger partial charge on any atom is 0.283 e. The van der Waals surface area contributed by atoms with Gasteiger partial charge in [-0.15, -0.1) is 0 Å². The van der Waals surface area contributed by atoms with Gasteiger partial charge in [-0.25, -0.2) is 23.1 Å². The van der Waals surface area contributed by atoms with E-state index >= 15 is 0 Å². The molecule has 0 aliphatic rings. The molecule has 194 valence electrons. The number of fused-ring (bicyclic) bond motifs is 1. The molecule has 0 atom stereocenters. The lowest BCUT2D eigenvalue weighted by Crippen LogP contribution is -2.31. The van der Waals surface area contributed by atoms with Crippen molar-refractivity contribution in [2.75, 3.05) is 0 Å². The topological polar surface area (TPSA) is 103 Å². The summed E-state index contributed by atoms with van der Waals surface area (Å²) in [5, 5.41) is 4.55. The molecule has 0 bridgehead atoms. The maximum atomic E-state index is 12.8. The van der Waals surface area contributed by atoms with E-state index in [0.29, 0.717) is 40.9 Å². The van der Waals surface area contributed by atoms with Gasteiger partial charge in [-0.1, -0.05) is 35.4 Å². The van der Waals surface area contributed by atoms with Crippen molar-refractivity contribution >= 4 is 50.0 Å². The predicted octanol–water partition coefficient (Wildman–Crippen LogP) is 5.51. The molecule has 2 aromatic carbocycles. The number of ether oxygens (including phenoxy) is 1. The minimum atomic E-state index is -4.05. The van der Waals surface area contributed by atoms with Gasteiger partial charge in [0.2, 0.25) is 0 Å². The van der Waals surface area contributed by atoms with Crippen molar-refractivity contribution in [2.24, 2.45) is 0 Å². The molecule has 5 aromatic rings. The van der Waals surface area contributed by atoms with Crippen LogP contribution in [0.5, 0.6) is 5.75 Å². The lowest BCUT2D eigenvalue weighted by Gasteiger charge is -2.11. The fourth-order valence-electron chi connectivity index (χ4n) is 3.84. The van der Waals surface area contributed by atoms with Crippen molar-refractivity contribution in [2.45, 2.75) is 31.9 Å². The van der Waals surface area contributed by atoms with Crippen LogP contribution in [0.4, 0.5) is 0 Å². The van der Waals surface area contributed by atoms with Crippen LogP contribution in [0.25, 0.3) is 11.2 Å². The number of carbonyl (C=O) groups excluding carboxylic acids is 1. The van der Waals surface area contributed by atoms with Crippen LogP contribution in [0.3, 0.4) is 0 Å². The number of aryl methyl sites for hydroxylation is 2. The normalized spacial score (nSPS) is 11.6. The number of carbonyl (C=O) groups is 1. The average Bonchev–Trinajstić information content (AvgIpc) is 3.51. The van der Waals surface area contributed by atoms with Gasteiger partial charge in [0, 0.05) is 5.02 Å². The first kappa shape index (κ1) is 25.9. The molecule has 8 nitrogen and oxygen atoms in total. The van der Waals surface area contributed by atoms with Gasteiger partial charge in [0.1, 0.15) is 29.4 Å². The highest BCUT2D eigenvalue weighted by Gasteiger charge is 2.21. The zero-order valence-electron chi connectivity index (χ0n) is 20.5. The van der Waals surface area contributed by atoms with Crippen LogP contribution >= 0.6 is 22.9 Å². The van der Waals surface area contributed by atoms with E-state index in [-0.39, 0.29) is 10.6 Å². The molecule has 38 heavy (non-hydrogen) atoms. The Morgan fingerprint density at radius 2 is 1.84 bits per heavy atom. The lowest BCUT2D eigenvalue weighted by molar-refractivity contribution is 0.0977. The first-order valence-corrected chi connectivity index (χ1v) is 14.4. The Balaban J connectivity index is 1.37. The lowest BCUT2D eigenvalue weighted by atomic mass is 10.2. The van der Waals surface area contributed by atoms with E-state index in [2.05, 4.69) is 14.7 Å². The van der Waals surface area contributed by atoms with Crippen molar-refractivity contribution in [1.29, 1.82) is 0 Å². The number of rotatable bonds is 8. The van der Waals surface area contributed by atoms with Crippen LogP contribution in [0, 0.1) is 13.8 Å². The van der Waals surface area contributed by atoms with Gasteiger partial charge < -0.3 is 9.30 Å². The predicted molar refractivity (Wildman–Crippen MR) is 147 cm³/mol. The molecule has 0 aliphatic carbocycles. The summed E-state index contributed by atoms with van der Waals surface area (Å²) in [4.78, 5) is 21.8. The highest BCUT2D eigenvalue weighted by Crippen LogP contribution is 2.26. The third-order valence-electron chi connectivity index (χ3n) is 5.91. The molecule has 11 heteroatoms. The summed E-state index contributed by atoms with van der Waals surface area (Å²) < 4.78 is 35.1. The van der Waals surface area contributed by atoms with Gasteiger partial charge in [-0.2, -0.15) is 11.3 Å². The Bertz CT molecular complexity index is 1730. The number of hydrogen-bond acceptors (Lipinski definition) is 7. The van der Waals surface area contributed by atoms with Crippen LogP contribution in [0.15, 0.2) is 76.3 Å². The minimum absolute atomic E-state index is 0.00389.